The SMILES string of the molecule is Fc1ccc(-c2csc(-c3ccccc3F)c2Cc2cccnc2)c(F)c1. The van der Waals surface area contributed by atoms with E-state index >= 15 is 0 Å². The predicted molar refractivity (Wildman–Crippen MR) is 102 cm³/mol. The fourth-order valence-corrected chi connectivity index (χ4v) is 4.19. The quantitative estimate of drug-likeness (QED) is 0.394. The van der Waals surface area contributed by atoms with E-state index in [0.29, 0.717) is 23.1 Å². The van der Waals surface area contributed by atoms with Crippen LogP contribution in [-0.4, -0.2) is 4.98 Å². The van der Waals surface area contributed by atoms with Gasteiger partial charge in [0.15, 0.2) is 0 Å². The zero-order valence-corrected chi connectivity index (χ0v) is 14.9. The van der Waals surface area contributed by atoms with Gasteiger partial charge in [0.1, 0.15) is 17.5 Å². The van der Waals surface area contributed by atoms with Crippen LogP contribution in [0.5, 0.6) is 0 Å². The minimum atomic E-state index is -0.639. The summed E-state index contributed by atoms with van der Waals surface area (Å²) in [5.41, 5.74) is 3.13. The normalized spacial score (nSPS) is 10.9. The summed E-state index contributed by atoms with van der Waals surface area (Å²) in [5.74, 6) is -1.60. The molecule has 0 saturated carbocycles. The molecule has 0 aliphatic rings. The van der Waals surface area contributed by atoms with Crippen LogP contribution in [0.1, 0.15) is 11.1 Å². The van der Waals surface area contributed by atoms with Gasteiger partial charge in [-0.1, -0.05) is 24.3 Å². The first kappa shape index (κ1) is 17.5. The first-order valence-corrected chi connectivity index (χ1v) is 9.21. The molecule has 5 heteroatoms. The van der Waals surface area contributed by atoms with E-state index in [9.17, 15) is 13.2 Å². The summed E-state index contributed by atoms with van der Waals surface area (Å²) in [6.07, 6.45) is 3.87. The Morgan fingerprint density at radius 2 is 1.67 bits per heavy atom. The summed E-state index contributed by atoms with van der Waals surface area (Å²) >= 11 is 1.35. The van der Waals surface area contributed by atoms with Crippen molar-refractivity contribution in [2.24, 2.45) is 0 Å². The van der Waals surface area contributed by atoms with Gasteiger partial charge in [-0.05, 0) is 46.3 Å². The van der Waals surface area contributed by atoms with Crippen molar-refractivity contribution in [3.63, 3.8) is 0 Å². The number of halogens is 3. The molecule has 0 aliphatic carbocycles. The van der Waals surface area contributed by atoms with Crippen LogP contribution in [-0.2, 0) is 6.42 Å². The van der Waals surface area contributed by atoms with E-state index in [4.69, 9.17) is 0 Å². The molecule has 0 radical (unpaired) electrons. The second-order valence-corrected chi connectivity index (χ2v) is 6.98. The van der Waals surface area contributed by atoms with E-state index in [1.54, 1.807) is 36.0 Å². The van der Waals surface area contributed by atoms with Crippen molar-refractivity contribution < 1.29 is 13.2 Å². The van der Waals surface area contributed by atoms with E-state index < -0.39 is 11.6 Å². The zero-order chi connectivity index (χ0) is 18.8. The molecule has 0 saturated heterocycles. The Morgan fingerprint density at radius 1 is 0.815 bits per heavy atom. The number of nitrogens with zero attached hydrogens (tertiary/aromatic N) is 1. The average Bonchev–Trinajstić information content (AvgIpc) is 3.06. The van der Waals surface area contributed by atoms with E-state index in [2.05, 4.69) is 4.98 Å². The first-order valence-electron chi connectivity index (χ1n) is 8.33. The van der Waals surface area contributed by atoms with Gasteiger partial charge < -0.3 is 0 Å². The summed E-state index contributed by atoms with van der Waals surface area (Å²) in [7, 11) is 0. The predicted octanol–water partition coefficient (Wildman–Crippen LogP) is 6.49. The number of aromatic nitrogens is 1. The minimum Gasteiger partial charge on any atom is -0.264 e. The minimum absolute atomic E-state index is 0.300. The monoisotopic (exact) mass is 381 g/mol. The van der Waals surface area contributed by atoms with Gasteiger partial charge in [0.25, 0.3) is 0 Å². The molecule has 0 bridgehead atoms. The fourth-order valence-electron chi connectivity index (χ4n) is 3.07. The van der Waals surface area contributed by atoms with Gasteiger partial charge in [0, 0.05) is 40.9 Å². The third-order valence-electron chi connectivity index (χ3n) is 4.34. The molecule has 0 spiro atoms. The Bertz CT molecular complexity index is 1090. The van der Waals surface area contributed by atoms with Gasteiger partial charge in [-0.25, -0.2) is 13.2 Å². The second kappa shape index (κ2) is 7.37. The highest BCUT2D eigenvalue weighted by molar-refractivity contribution is 7.14. The van der Waals surface area contributed by atoms with Crippen molar-refractivity contribution in [1.82, 2.24) is 4.98 Å². The molecule has 2 heterocycles. The van der Waals surface area contributed by atoms with Crippen LogP contribution in [0.2, 0.25) is 0 Å². The molecule has 0 amide bonds. The number of hydrogen-bond acceptors (Lipinski definition) is 2. The maximum atomic E-state index is 14.4. The van der Waals surface area contributed by atoms with Crippen LogP contribution in [0.15, 0.2) is 72.4 Å². The maximum absolute atomic E-state index is 14.4. The summed E-state index contributed by atoms with van der Waals surface area (Å²) in [5, 5.41) is 1.80. The molecule has 0 unspecified atom stereocenters. The van der Waals surface area contributed by atoms with Crippen LogP contribution in [0.25, 0.3) is 21.6 Å². The van der Waals surface area contributed by atoms with Gasteiger partial charge >= 0.3 is 0 Å². The van der Waals surface area contributed by atoms with Gasteiger partial charge in [-0.15, -0.1) is 11.3 Å². The molecule has 2 aromatic heterocycles. The van der Waals surface area contributed by atoms with Crippen molar-refractivity contribution in [3.8, 4) is 21.6 Å². The lowest BCUT2D eigenvalue weighted by Gasteiger charge is -2.10. The molecule has 1 nitrogen and oxygen atoms in total. The van der Waals surface area contributed by atoms with Gasteiger partial charge in [-0.3, -0.25) is 4.98 Å². The second-order valence-electron chi connectivity index (χ2n) is 6.10. The van der Waals surface area contributed by atoms with Crippen LogP contribution >= 0.6 is 11.3 Å². The topological polar surface area (TPSA) is 12.9 Å². The number of rotatable bonds is 4. The van der Waals surface area contributed by atoms with E-state index in [1.165, 1.54) is 29.5 Å². The summed E-state index contributed by atoms with van der Waals surface area (Å²) in [6.45, 7) is 0. The van der Waals surface area contributed by atoms with Gasteiger partial charge in [0.05, 0.1) is 0 Å². The van der Waals surface area contributed by atoms with E-state index in [0.717, 1.165) is 22.1 Å². The summed E-state index contributed by atoms with van der Waals surface area (Å²) in [4.78, 5) is 4.85. The van der Waals surface area contributed by atoms with Crippen molar-refractivity contribution >= 4 is 11.3 Å². The van der Waals surface area contributed by atoms with Crippen LogP contribution in [0.3, 0.4) is 0 Å². The lowest BCUT2D eigenvalue weighted by atomic mass is 9.95. The summed E-state index contributed by atoms with van der Waals surface area (Å²) in [6, 6.07) is 13.8. The first-order chi connectivity index (χ1) is 13.1. The highest BCUT2D eigenvalue weighted by atomic mass is 32.1. The molecule has 0 aliphatic heterocycles. The zero-order valence-electron chi connectivity index (χ0n) is 14.1. The van der Waals surface area contributed by atoms with E-state index in [1.807, 2.05) is 12.1 Å². The Hall–Kier alpha value is -2.92. The molecule has 134 valence electrons. The number of pyridine rings is 1. The largest absolute Gasteiger partial charge is 0.264 e. The highest BCUT2D eigenvalue weighted by Crippen LogP contribution is 2.41. The lowest BCUT2D eigenvalue weighted by molar-refractivity contribution is 0.585. The van der Waals surface area contributed by atoms with Gasteiger partial charge in [0.2, 0.25) is 0 Å². The lowest BCUT2D eigenvalue weighted by Crippen LogP contribution is -1.95. The molecule has 0 fully saturated rings. The number of hydrogen-bond donors (Lipinski definition) is 0. The van der Waals surface area contributed by atoms with Crippen molar-refractivity contribution in [3.05, 3.63) is 101 Å². The van der Waals surface area contributed by atoms with Crippen LogP contribution in [0, 0.1) is 17.5 Å². The number of thiophene rings is 1. The van der Waals surface area contributed by atoms with Crippen molar-refractivity contribution in [2.75, 3.05) is 0 Å². The third-order valence-corrected chi connectivity index (χ3v) is 5.39. The third kappa shape index (κ3) is 3.51. The van der Waals surface area contributed by atoms with Crippen LogP contribution < -0.4 is 0 Å². The molecule has 4 rings (SSSR count). The average molecular weight is 381 g/mol. The molecule has 0 atom stereocenters. The smallest absolute Gasteiger partial charge is 0.133 e. The molecule has 4 aromatic rings. The van der Waals surface area contributed by atoms with Crippen LogP contribution in [0.4, 0.5) is 13.2 Å². The molecule has 27 heavy (non-hydrogen) atoms. The summed E-state index contributed by atoms with van der Waals surface area (Å²) < 4.78 is 42.2. The molecular formula is C22H14F3NS. The Balaban J connectivity index is 1.90. The van der Waals surface area contributed by atoms with Crippen molar-refractivity contribution in [1.29, 1.82) is 0 Å². The number of benzene rings is 2. The fraction of sp³-hybridized carbons (Fsp3) is 0.0455. The Labute approximate surface area is 158 Å². The van der Waals surface area contributed by atoms with Crippen molar-refractivity contribution in [2.45, 2.75) is 6.42 Å². The molecule has 2 aromatic carbocycles. The Kier molecular flexibility index (Phi) is 4.77. The Morgan fingerprint density at radius 3 is 2.41 bits per heavy atom. The maximum Gasteiger partial charge on any atom is 0.133 e. The highest BCUT2D eigenvalue weighted by Gasteiger charge is 2.19. The molecular weight excluding hydrogens is 367 g/mol. The standard InChI is InChI=1S/C22H14F3NS/c23-15-7-8-16(21(25)11-15)19-13-27-22(17-5-1-2-6-20(17)24)18(19)10-14-4-3-9-26-12-14/h1-9,11-13H,10H2. The van der Waals surface area contributed by atoms with Gasteiger partial charge in [-0.2, -0.15) is 0 Å². The van der Waals surface area contributed by atoms with E-state index in [-0.39, 0.29) is 5.82 Å². The molecule has 0 N–H and O–H groups in total.